The van der Waals surface area contributed by atoms with Crippen molar-refractivity contribution in [1.29, 1.82) is 0 Å². The van der Waals surface area contributed by atoms with Gasteiger partial charge in [-0.15, -0.1) is 0 Å². The molecule has 3 aromatic carbocycles. The van der Waals surface area contributed by atoms with Gasteiger partial charge in [-0.2, -0.15) is 0 Å². The number of fused-ring (bicyclic) bond motifs is 2. The predicted octanol–water partition coefficient (Wildman–Crippen LogP) is 9.02. The molecule has 2 aliphatic carbocycles. The first kappa shape index (κ1) is 21.9. The van der Waals surface area contributed by atoms with Crippen LogP contribution in [0.5, 0.6) is 0 Å². The van der Waals surface area contributed by atoms with Crippen LogP contribution in [0.25, 0.3) is 0 Å². The Morgan fingerprint density at radius 2 is 1.12 bits per heavy atom. The van der Waals surface area contributed by atoms with Crippen LogP contribution in [0.15, 0.2) is 48.5 Å². The maximum absolute atomic E-state index is 6.81. The summed E-state index contributed by atoms with van der Waals surface area (Å²) in [6.45, 7) is 11.5. The number of aryl methyl sites for hydroxylation is 1. The molecular weight excluding hydrogens is 433 g/mol. The molecule has 3 heteroatoms. The van der Waals surface area contributed by atoms with Gasteiger partial charge in [0.05, 0.1) is 15.7 Å². The Morgan fingerprint density at radius 1 is 0.656 bits per heavy atom. The fourth-order valence-electron chi connectivity index (χ4n) is 5.66. The van der Waals surface area contributed by atoms with Crippen LogP contribution in [0.1, 0.15) is 55.5 Å². The Hall–Kier alpha value is -1.96. The van der Waals surface area contributed by atoms with Gasteiger partial charge in [0.1, 0.15) is 0 Å². The molecule has 0 unspecified atom stereocenters. The molecule has 0 saturated heterocycles. The summed E-state index contributed by atoms with van der Waals surface area (Å²) in [7, 11) is 0. The zero-order valence-electron chi connectivity index (χ0n) is 19.7. The van der Waals surface area contributed by atoms with Crippen molar-refractivity contribution in [3.63, 3.8) is 0 Å². The lowest BCUT2D eigenvalue weighted by molar-refractivity contribution is 0.392. The molecule has 0 heterocycles. The van der Waals surface area contributed by atoms with Crippen molar-refractivity contribution in [3.8, 4) is 0 Å². The fraction of sp³-hybridized carbons (Fsp3) is 0.379. The van der Waals surface area contributed by atoms with Gasteiger partial charge in [0, 0.05) is 11.4 Å². The molecule has 0 spiro atoms. The van der Waals surface area contributed by atoms with Crippen LogP contribution in [0, 0.1) is 17.8 Å². The Kier molecular flexibility index (Phi) is 5.15. The number of rotatable bonds is 3. The third kappa shape index (κ3) is 3.95. The van der Waals surface area contributed by atoms with Crippen LogP contribution in [0.3, 0.4) is 0 Å². The number of nitrogens with zero attached hydrogens (tertiary/aromatic N) is 1. The lowest BCUT2D eigenvalue weighted by atomic mass is 9.90. The molecule has 0 N–H and O–H groups in total. The average molecular weight is 464 g/mol. The Morgan fingerprint density at radius 3 is 1.62 bits per heavy atom. The normalized spacial score (nSPS) is 17.8. The fourth-order valence-corrected chi connectivity index (χ4v) is 6.12. The van der Waals surface area contributed by atoms with Gasteiger partial charge in [0.2, 0.25) is 0 Å². The first-order chi connectivity index (χ1) is 15.0. The zero-order chi connectivity index (χ0) is 22.8. The molecule has 3 aromatic rings. The Balaban J connectivity index is 1.67. The second kappa shape index (κ2) is 7.54. The second-order valence-electron chi connectivity index (χ2n) is 11.4. The molecule has 0 aromatic heterocycles. The molecule has 2 aliphatic rings. The van der Waals surface area contributed by atoms with Crippen LogP contribution < -0.4 is 4.90 Å². The lowest BCUT2D eigenvalue weighted by Crippen LogP contribution is -2.12. The molecule has 166 valence electrons. The second-order valence-corrected chi connectivity index (χ2v) is 12.1. The van der Waals surface area contributed by atoms with E-state index >= 15 is 0 Å². The molecule has 0 bridgehead atoms. The summed E-state index contributed by atoms with van der Waals surface area (Å²) in [6.07, 6.45) is 4.47. The number of anilines is 3. The van der Waals surface area contributed by atoms with Crippen LogP contribution in [0.4, 0.5) is 17.1 Å². The number of halogens is 2. The van der Waals surface area contributed by atoms with E-state index in [2.05, 4.69) is 82.0 Å². The van der Waals surface area contributed by atoms with Crippen molar-refractivity contribution in [2.45, 2.75) is 60.3 Å². The highest BCUT2D eigenvalue weighted by molar-refractivity contribution is 6.44. The number of benzene rings is 3. The van der Waals surface area contributed by atoms with Crippen molar-refractivity contribution >= 4 is 40.3 Å². The molecule has 32 heavy (non-hydrogen) atoms. The van der Waals surface area contributed by atoms with Gasteiger partial charge >= 0.3 is 0 Å². The number of hydrogen-bond donors (Lipinski definition) is 0. The standard InChI is InChI=1S/C29H31Cl2N/c1-18-10-25(30)27(31)26(11-18)32(23-8-6-19-14-28(2,3)16-21(19)12-23)24-9-7-20-15-29(4,5)17-22(20)13-24/h6-13H,14-17H2,1-5H3. The molecular formula is C29H31Cl2N. The third-order valence-corrected chi connectivity index (χ3v) is 7.76. The minimum absolute atomic E-state index is 0.315. The van der Waals surface area contributed by atoms with E-state index in [4.69, 9.17) is 23.2 Å². The highest BCUT2D eigenvalue weighted by Crippen LogP contribution is 2.46. The quantitative estimate of drug-likeness (QED) is 0.374. The van der Waals surface area contributed by atoms with Crippen LogP contribution >= 0.6 is 23.2 Å². The molecule has 5 rings (SSSR count). The first-order valence-electron chi connectivity index (χ1n) is 11.5. The van der Waals surface area contributed by atoms with Gasteiger partial charge in [-0.3, -0.25) is 0 Å². The van der Waals surface area contributed by atoms with E-state index in [0.29, 0.717) is 20.9 Å². The molecule has 0 saturated carbocycles. The van der Waals surface area contributed by atoms with Gasteiger partial charge in [0.25, 0.3) is 0 Å². The predicted molar refractivity (Wildman–Crippen MR) is 138 cm³/mol. The molecule has 0 radical (unpaired) electrons. The molecule has 0 fully saturated rings. The molecule has 0 amide bonds. The van der Waals surface area contributed by atoms with Gasteiger partial charge < -0.3 is 4.90 Å². The van der Waals surface area contributed by atoms with Crippen molar-refractivity contribution in [1.82, 2.24) is 0 Å². The summed E-state index contributed by atoms with van der Waals surface area (Å²) in [5.74, 6) is 0. The number of hydrogen-bond acceptors (Lipinski definition) is 1. The highest BCUT2D eigenvalue weighted by atomic mass is 35.5. The smallest absolute Gasteiger partial charge is 0.0832 e. The van der Waals surface area contributed by atoms with E-state index in [0.717, 1.165) is 48.3 Å². The minimum atomic E-state index is 0.315. The van der Waals surface area contributed by atoms with Crippen LogP contribution in [-0.4, -0.2) is 0 Å². The highest BCUT2D eigenvalue weighted by Gasteiger charge is 2.31. The SMILES string of the molecule is Cc1cc(Cl)c(Cl)c(N(c2ccc3c(c2)CC(C)(C)C3)c2ccc3c(c2)CC(C)(C)C3)c1. The lowest BCUT2D eigenvalue weighted by Gasteiger charge is -2.28. The van der Waals surface area contributed by atoms with E-state index < -0.39 is 0 Å². The van der Waals surface area contributed by atoms with Gasteiger partial charge in [-0.1, -0.05) is 63.0 Å². The zero-order valence-corrected chi connectivity index (χ0v) is 21.2. The van der Waals surface area contributed by atoms with Gasteiger partial charge in [-0.25, -0.2) is 0 Å². The van der Waals surface area contributed by atoms with E-state index in [-0.39, 0.29) is 0 Å². The van der Waals surface area contributed by atoms with Crippen molar-refractivity contribution in [2.75, 3.05) is 4.90 Å². The van der Waals surface area contributed by atoms with Crippen LogP contribution in [0.2, 0.25) is 10.0 Å². The summed E-state index contributed by atoms with van der Waals surface area (Å²) in [5.41, 5.74) is 10.7. The summed E-state index contributed by atoms with van der Waals surface area (Å²) >= 11 is 13.4. The molecule has 0 aliphatic heterocycles. The van der Waals surface area contributed by atoms with Gasteiger partial charge in [-0.05, 0) is 108 Å². The molecule has 0 atom stereocenters. The van der Waals surface area contributed by atoms with Crippen molar-refractivity contribution in [3.05, 3.63) is 86.4 Å². The van der Waals surface area contributed by atoms with Gasteiger partial charge in [0.15, 0.2) is 0 Å². The Bertz CT molecular complexity index is 1150. The van der Waals surface area contributed by atoms with E-state index in [9.17, 15) is 0 Å². The van der Waals surface area contributed by atoms with Crippen molar-refractivity contribution in [2.24, 2.45) is 10.8 Å². The van der Waals surface area contributed by atoms with Crippen molar-refractivity contribution < 1.29 is 0 Å². The average Bonchev–Trinajstić information content (AvgIpc) is 3.17. The third-order valence-electron chi connectivity index (χ3n) is 6.97. The van der Waals surface area contributed by atoms with E-state index in [1.807, 2.05) is 6.07 Å². The van der Waals surface area contributed by atoms with Crippen LogP contribution in [-0.2, 0) is 25.7 Å². The van der Waals surface area contributed by atoms with E-state index in [1.54, 1.807) is 0 Å². The Labute approximate surface area is 202 Å². The minimum Gasteiger partial charge on any atom is -0.309 e. The largest absolute Gasteiger partial charge is 0.309 e. The monoisotopic (exact) mass is 463 g/mol. The summed E-state index contributed by atoms with van der Waals surface area (Å²) < 4.78 is 0. The maximum Gasteiger partial charge on any atom is 0.0832 e. The summed E-state index contributed by atoms with van der Waals surface area (Å²) in [6, 6.07) is 17.9. The summed E-state index contributed by atoms with van der Waals surface area (Å²) in [5, 5.41) is 1.19. The first-order valence-corrected chi connectivity index (χ1v) is 12.3. The van der Waals surface area contributed by atoms with E-state index in [1.165, 1.54) is 22.3 Å². The molecule has 1 nitrogen and oxygen atoms in total. The topological polar surface area (TPSA) is 3.24 Å². The summed E-state index contributed by atoms with van der Waals surface area (Å²) in [4.78, 5) is 2.29. The maximum atomic E-state index is 6.81.